The fraction of sp³-hybridized carbons (Fsp3) is 0.188. The second kappa shape index (κ2) is 6.28. The van der Waals surface area contributed by atoms with E-state index >= 15 is 0 Å². The quantitative estimate of drug-likeness (QED) is 0.834. The van der Waals surface area contributed by atoms with Crippen molar-refractivity contribution in [2.45, 2.75) is 13.5 Å². The Balaban J connectivity index is 2.15. The maximum Gasteiger partial charge on any atom is 0.254 e. The van der Waals surface area contributed by atoms with Crippen molar-refractivity contribution in [2.24, 2.45) is 0 Å². The summed E-state index contributed by atoms with van der Waals surface area (Å²) in [5.41, 5.74) is 1.15. The highest BCUT2D eigenvalue weighted by Crippen LogP contribution is 2.12. The van der Waals surface area contributed by atoms with Crippen LogP contribution in [0, 0.1) is 11.6 Å². The van der Waals surface area contributed by atoms with Crippen LogP contribution in [0.1, 0.15) is 22.8 Å². The van der Waals surface area contributed by atoms with Gasteiger partial charge in [-0.2, -0.15) is 0 Å². The van der Waals surface area contributed by atoms with E-state index in [0.29, 0.717) is 18.7 Å². The number of nitrogens with zero attached hydrogens (tertiary/aromatic N) is 1. The Bertz CT molecular complexity index is 596. The third-order valence-electron chi connectivity index (χ3n) is 3.02. The predicted octanol–water partition coefficient (Wildman–Crippen LogP) is 3.63. The van der Waals surface area contributed by atoms with Crippen molar-refractivity contribution >= 4 is 5.91 Å². The Hall–Kier alpha value is -2.23. The largest absolute Gasteiger partial charge is 0.335 e. The van der Waals surface area contributed by atoms with Crippen molar-refractivity contribution in [3.8, 4) is 0 Å². The van der Waals surface area contributed by atoms with Crippen LogP contribution >= 0.6 is 0 Å². The van der Waals surface area contributed by atoms with Gasteiger partial charge in [-0.3, -0.25) is 4.79 Å². The van der Waals surface area contributed by atoms with E-state index in [4.69, 9.17) is 0 Å². The molecule has 2 aromatic rings. The van der Waals surface area contributed by atoms with E-state index in [0.717, 1.165) is 5.56 Å². The van der Waals surface area contributed by atoms with Gasteiger partial charge in [0, 0.05) is 18.7 Å². The molecule has 0 fully saturated rings. The summed E-state index contributed by atoms with van der Waals surface area (Å²) in [5, 5.41) is 0. The molecule has 2 aromatic carbocycles. The third kappa shape index (κ3) is 3.41. The summed E-state index contributed by atoms with van der Waals surface area (Å²) >= 11 is 0. The number of hydrogen-bond donors (Lipinski definition) is 0. The first kappa shape index (κ1) is 14.2. The molecule has 20 heavy (non-hydrogen) atoms. The second-order valence-electron chi connectivity index (χ2n) is 4.46. The molecule has 0 aromatic heterocycles. The van der Waals surface area contributed by atoms with Gasteiger partial charge in [0.25, 0.3) is 5.91 Å². The first-order chi connectivity index (χ1) is 9.60. The van der Waals surface area contributed by atoms with E-state index in [1.165, 1.54) is 36.4 Å². The zero-order chi connectivity index (χ0) is 14.5. The highest BCUT2D eigenvalue weighted by Gasteiger charge is 2.14. The van der Waals surface area contributed by atoms with Crippen LogP contribution in [-0.2, 0) is 6.54 Å². The summed E-state index contributed by atoms with van der Waals surface area (Å²) in [7, 11) is 0. The molecular weight excluding hydrogens is 260 g/mol. The fourth-order valence-corrected chi connectivity index (χ4v) is 1.96. The molecule has 0 saturated carbocycles. The molecule has 2 rings (SSSR count). The first-order valence-corrected chi connectivity index (χ1v) is 6.39. The van der Waals surface area contributed by atoms with Crippen LogP contribution in [0.15, 0.2) is 48.5 Å². The molecule has 0 aliphatic rings. The molecule has 0 bridgehead atoms. The monoisotopic (exact) mass is 275 g/mol. The molecule has 104 valence electrons. The lowest BCUT2D eigenvalue weighted by Gasteiger charge is -2.21. The lowest BCUT2D eigenvalue weighted by molar-refractivity contribution is 0.0752. The van der Waals surface area contributed by atoms with E-state index in [-0.39, 0.29) is 17.5 Å². The molecule has 0 spiro atoms. The van der Waals surface area contributed by atoms with Crippen LogP contribution in [-0.4, -0.2) is 17.4 Å². The lowest BCUT2D eigenvalue weighted by Crippen LogP contribution is -2.30. The van der Waals surface area contributed by atoms with Gasteiger partial charge in [0.15, 0.2) is 0 Å². The van der Waals surface area contributed by atoms with Crippen molar-refractivity contribution in [2.75, 3.05) is 6.54 Å². The van der Waals surface area contributed by atoms with Gasteiger partial charge in [-0.25, -0.2) is 8.78 Å². The van der Waals surface area contributed by atoms with Gasteiger partial charge in [-0.05, 0) is 48.9 Å². The van der Waals surface area contributed by atoms with E-state index in [1.54, 1.807) is 17.0 Å². The van der Waals surface area contributed by atoms with Crippen molar-refractivity contribution in [1.29, 1.82) is 0 Å². The highest BCUT2D eigenvalue weighted by atomic mass is 19.1. The normalized spacial score (nSPS) is 10.3. The summed E-state index contributed by atoms with van der Waals surface area (Å²) in [4.78, 5) is 13.9. The number of carbonyl (C=O) groups excluding carboxylic acids is 1. The average Bonchev–Trinajstić information content (AvgIpc) is 2.45. The zero-order valence-electron chi connectivity index (χ0n) is 11.1. The molecule has 0 aliphatic heterocycles. The Labute approximate surface area is 116 Å². The Kier molecular flexibility index (Phi) is 4.45. The van der Waals surface area contributed by atoms with E-state index in [9.17, 15) is 13.6 Å². The Morgan fingerprint density at radius 2 is 1.75 bits per heavy atom. The van der Waals surface area contributed by atoms with Gasteiger partial charge in [-0.15, -0.1) is 0 Å². The molecule has 0 radical (unpaired) electrons. The SMILES string of the molecule is CCN(Cc1cccc(F)c1)C(=O)c1ccc(F)cc1. The second-order valence-corrected chi connectivity index (χ2v) is 4.46. The van der Waals surface area contributed by atoms with E-state index in [1.807, 2.05) is 6.92 Å². The number of rotatable bonds is 4. The molecule has 1 amide bonds. The standard InChI is InChI=1S/C16H15F2NO/c1-2-19(11-12-4-3-5-15(18)10-12)16(20)13-6-8-14(17)9-7-13/h3-10H,2,11H2,1H3. The zero-order valence-corrected chi connectivity index (χ0v) is 11.1. The van der Waals surface area contributed by atoms with Crippen LogP contribution in [0.25, 0.3) is 0 Å². The maximum absolute atomic E-state index is 13.1. The molecule has 2 nitrogen and oxygen atoms in total. The number of benzene rings is 2. The Morgan fingerprint density at radius 3 is 2.35 bits per heavy atom. The van der Waals surface area contributed by atoms with Crippen LogP contribution in [0.2, 0.25) is 0 Å². The smallest absolute Gasteiger partial charge is 0.254 e. The van der Waals surface area contributed by atoms with Crippen molar-refractivity contribution in [3.63, 3.8) is 0 Å². The van der Waals surface area contributed by atoms with Crippen LogP contribution in [0.4, 0.5) is 8.78 Å². The summed E-state index contributed by atoms with van der Waals surface area (Å²) in [6.07, 6.45) is 0. The maximum atomic E-state index is 13.1. The van der Waals surface area contributed by atoms with E-state index < -0.39 is 0 Å². The van der Waals surface area contributed by atoms with E-state index in [2.05, 4.69) is 0 Å². The minimum absolute atomic E-state index is 0.197. The number of halogens is 2. The van der Waals surface area contributed by atoms with Gasteiger partial charge in [0.2, 0.25) is 0 Å². The van der Waals surface area contributed by atoms with Crippen LogP contribution in [0.5, 0.6) is 0 Å². The molecule has 0 heterocycles. The summed E-state index contributed by atoms with van der Waals surface area (Å²) in [6, 6.07) is 11.6. The molecule has 0 unspecified atom stereocenters. The third-order valence-corrected chi connectivity index (χ3v) is 3.02. The predicted molar refractivity (Wildman–Crippen MR) is 73.2 cm³/mol. The van der Waals surface area contributed by atoms with Gasteiger partial charge >= 0.3 is 0 Å². The van der Waals surface area contributed by atoms with Crippen molar-refractivity contribution in [3.05, 3.63) is 71.3 Å². The molecule has 0 atom stereocenters. The van der Waals surface area contributed by atoms with Gasteiger partial charge < -0.3 is 4.90 Å². The van der Waals surface area contributed by atoms with Crippen molar-refractivity contribution < 1.29 is 13.6 Å². The highest BCUT2D eigenvalue weighted by molar-refractivity contribution is 5.94. The summed E-state index contributed by atoms with van der Waals surface area (Å²) < 4.78 is 26.0. The number of hydrogen-bond acceptors (Lipinski definition) is 1. The molecule has 0 saturated heterocycles. The Morgan fingerprint density at radius 1 is 1.05 bits per heavy atom. The lowest BCUT2D eigenvalue weighted by atomic mass is 10.1. The molecule has 0 aliphatic carbocycles. The summed E-state index contributed by atoms with van der Waals surface area (Å²) in [5.74, 6) is -0.903. The summed E-state index contributed by atoms with van der Waals surface area (Å²) in [6.45, 7) is 2.66. The number of amides is 1. The van der Waals surface area contributed by atoms with Crippen LogP contribution < -0.4 is 0 Å². The van der Waals surface area contributed by atoms with Gasteiger partial charge in [0.05, 0.1) is 0 Å². The molecule has 4 heteroatoms. The number of carbonyl (C=O) groups is 1. The van der Waals surface area contributed by atoms with Gasteiger partial charge in [-0.1, -0.05) is 12.1 Å². The minimum Gasteiger partial charge on any atom is -0.335 e. The topological polar surface area (TPSA) is 20.3 Å². The molecule has 0 N–H and O–H groups in total. The molecular formula is C16H15F2NO. The minimum atomic E-state index is -0.380. The fourth-order valence-electron chi connectivity index (χ4n) is 1.96. The van der Waals surface area contributed by atoms with Crippen molar-refractivity contribution in [1.82, 2.24) is 4.90 Å². The van der Waals surface area contributed by atoms with Crippen LogP contribution in [0.3, 0.4) is 0 Å². The first-order valence-electron chi connectivity index (χ1n) is 6.39. The average molecular weight is 275 g/mol. The van der Waals surface area contributed by atoms with Gasteiger partial charge in [0.1, 0.15) is 11.6 Å².